The standard InChI is InChI=1S/C24H44N6O2/c1-6-25-24(27-16-22(18(2)3)30-11-13-31-14-12-30)26-15-21-7-9-29(10-8-21)17-23-28-19(4)20(5)32-23/h18,21-22H,6-17H2,1-5H3,(H2,25,26,27). The number of likely N-dealkylation sites (tertiary alicyclic amines) is 1. The van der Waals surface area contributed by atoms with Crippen LogP contribution in [0.3, 0.4) is 0 Å². The molecular formula is C24H44N6O2. The highest BCUT2D eigenvalue weighted by Gasteiger charge is 2.24. The summed E-state index contributed by atoms with van der Waals surface area (Å²) in [6.07, 6.45) is 2.38. The summed E-state index contributed by atoms with van der Waals surface area (Å²) in [6, 6.07) is 0.458. The number of hydrogen-bond acceptors (Lipinski definition) is 6. The van der Waals surface area contributed by atoms with Crippen molar-refractivity contribution in [3.63, 3.8) is 0 Å². The normalized spacial score (nSPS) is 20.6. The van der Waals surface area contributed by atoms with E-state index in [-0.39, 0.29) is 0 Å². The number of piperidine rings is 1. The Morgan fingerprint density at radius 1 is 1.12 bits per heavy atom. The van der Waals surface area contributed by atoms with Gasteiger partial charge in [0.05, 0.1) is 32.0 Å². The van der Waals surface area contributed by atoms with Crippen molar-refractivity contribution < 1.29 is 9.15 Å². The number of aromatic nitrogens is 1. The lowest BCUT2D eigenvalue weighted by Gasteiger charge is -2.36. The molecule has 2 aliphatic rings. The maximum Gasteiger partial charge on any atom is 0.208 e. The summed E-state index contributed by atoms with van der Waals surface area (Å²) in [4.78, 5) is 14.5. The lowest BCUT2D eigenvalue weighted by Crippen LogP contribution is -2.48. The molecule has 8 nitrogen and oxygen atoms in total. The Bertz CT molecular complexity index is 686. The average molecular weight is 449 g/mol. The molecule has 0 aliphatic carbocycles. The van der Waals surface area contributed by atoms with Gasteiger partial charge in [0, 0.05) is 32.2 Å². The second kappa shape index (κ2) is 12.6. The highest BCUT2D eigenvalue weighted by atomic mass is 16.5. The van der Waals surface area contributed by atoms with Crippen LogP contribution in [0, 0.1) is 25.7 Å². The molecule has 1 aromatic rings. The van der Waals surface area contributed by atoms with E-state index in [9.17, 15) is 0 Å². The van der Waals surface area contributed by atoms with E-state index < -0.39 is 0 Å². The second-order valence-corrected chi connectivity index (χ2v) is 9.53. The van der Waals surface area contributed by atoms with Gasteiger partial charge in [-0.2, -0.15) is 0 Å². The molecule has 1 unspecified atom stereocenters. The Morgan fingerprint density at radius 3 is 2.44 bits per heavy atom. The third-order valence-corrected chi connectivity index (χ3v) is 6.76. The van der Waals surface area contributed by atoms with Crippen molar-refractivity contribution in [1.82, 2.24) is 25.4 Å². The number of guanidine groups is 1. The maximum atomic E-state index is 5.76. The van der Waals surface area contributed by atoms with Gasteiger partial charge in [0.1, 0.15) is 5.76 Å². The monoisotopic (exact) mass is 448 g/mol. The topological polar surface area (TPSA) is 78.2 Å². The Hall–Kier alpha value is -1.64. The Morgan fingerprint density at radius 2 is 1.84 bits per heavy atom. The predicted octanol–water partition coefficient (Wildman–Crippen LogP) is 2.42. The van der Waals surface area contributed by atoms with E-state index in [0.29, 0.717) is 17.9 Å². The van der Waals surface area contributed by atoms with Crippen LogP contribution in [0.25, 0.3) is 0 Å². The minimum Gasteiger partial charge on any atom is -0.444 e. The van der Waals surface area contributed by atoms with Crippen LogP contribution in [0.5, 0.6) is 0 Å². The zero-order chi connectivity index (χ0) is 22.9. The third-order valence-electron chi connectivity index (χ3n) is 6.76. The first-order valence-electron chi connectivity index (χ1n) is 12.5. The molecule has 32 heavy (non-hydrogen) atoms. The smallest absolute Gasteiger partial charge is 0.208 e. The molecule has 1 atom stereocenters. The summed E-state index contributed by atoms with van der Waals surface area (Å²) in [6.45, 7) is 20.1. The molecule has 0 aromatic carbocycles. The summed E-state index contributed by atoms with van der Waals surface area (Å²) >= 11 is 0. The highest BCUT2D eigenvalue weighted by Crippen LogP contribution is 2.19. The van der Waals surface area contributed by atoms with Gasteiger partial charge in [-0.3, -0.25) is 14.8 Å². The van der Waals surface area contributed by atoms with E-state index >= 15 is 0 Å². The Balaban J connectivity index is 1.44. The molecule has 2 aliphatic heterocycles. The number of nitrogens with zero attached hydrogens (tertiary/aromatic N) is 4. The van der Waals surface area contributed by atoms with Crippen LogP contribution in [-0.4, -0.2) is 85.8 Å². The predicted molar refractivity (Wildman–Crippen MR) is 129 cm³/mol. The number of aryl methyl sites for hydroxylation is 2. The van der Waals surface area contributed by atoms with Crippen molar-refractivity contribution in [3.05, 3.63) is 17.3 Å². The van der Waals surface area contributed by atoms with Crippen molar-refractivity contribution in [3.8, 4) is 0 Å². The van der Waals surface area contributed by atoms with Crippen molar-refractivity contribution in [2.45, 2.75) is 60.0 Å². The quantitative estimate of drug-likeness (QED) is 0.444. The molecule has 0 bridgehead atoms. The molecule has 0 spiro atoms. The van der Waals surface area contributed by atoms with Gasteiger partial charge in [-0.1, -0.05) is 13.8 Å². The maximum absolute atomic E-state index is 5.76. The Labute approximate surface area is 194 Å². The summed E-state index contributed by atoms with van der Waals surface area (Å²) in [5.74, 6) is 3.96. The lowest BCUT2D eigenvalue weighted by molar-refractivity contribution is 0.00867. The van der Waals surface area contributed by atoms with E-state index in [1.165, 1.54) is 12.8 Å². The van der Waals surface area contributed by atoms with Gasteiger partial charge in [0.25, 0.3) is 0 Å². The molecule has 0 amide bonds. The molecule has 8 heteroatoms. The number of nitrogens with one attached hydrogen (secondary N) is 2. The minimum absolute atomic E-state index is 0.458. The first-order valence-corrected chi connectivity index (χ1v) is 12.5. The fourth-order valence-electron chi connectivity index (χ4n) is 4.57. The first-order chi connectivity index (χ1) is 15.5. The molecule has 182 valence electrons. The number of oxazole rings is 1. The minimum atomic E-state index is 0.458. The van der Waals surface area contributed by atoms with E-state index in [1.54, 1.807) is 0 Å². The third kappa shape index (κ3) is 7.46. The molecule has 0 saturated carbocycles. The van der Waals surface area contributed by atoms with E-state index in [0.717, 1.165) is 88.9 Å². The second-order valence-electron chi connectivity index (χ2n) is 9.53. The fourth-order valence-corrected chi connectivity index (χ4v) is 4.57. The fraction of sp³-hybridized carbons (Fsp3) is 0.833. The van der Waals surface area contributed by atoms with Gasteiger partial charge >= 0.3 is 0 Å². The molecule has 2 fully saturated rings. The van der Waals surface area contributed by atoms with Crippen molar-refractivity contribution in [2.75, 3.05) is 59.0 Å². The van der Waals surface area contributed by atoms with E-state index in [1.807, 2.05) is 13.8 Å². The average Bonchev–Trinajstić information content (AvgIpc) is 3.10. The highest BCUT2D eigenvalue weighted by molar-refractivity contribution is 5.79. The zero-order valence-corrected chi connectivity index (χ0v) is 20.8. The zero-order valence-electron chi connectivity index (χ0n) is 20.8. The van der Waals surface area contributed by atoms with Gasteiger partial charge in [0.15, 0.2) is 5.96 Å². The van der Waals surface area contributed by atoms with Gasteiger partial charge in [-0.05, 0) is 58.5 Å². The SMILES string of the molecule is CCNC(=NCC(C(C)C)N1CCOCC1)NCC1CCN(Cc2nc(C)c(C)o2)CC1. The number of hydrogen-bond donors (Lipinski definition) is 2. The molecule has 3 heterocycles. The number of ether oxygens (including phenoxy) is 1. The lowest BCUT2D eigenvalue weighted by atomic mass is 9.97. The first kappa shape index (κ1) is 25.0. The van der Waals surface area contributed by atoms with Gasteiger partial charge in [-0.25, -0.2) is 4.98 Å². The van der Waals surface area contributed by atoms with Crippen LogP contribution < -0.4 is 10.6 Å². The number of rotatable bonds is 9. The van der Waals surface area contributed by atoms with Crippen LogP contribution in [0.1, 0.15) is 51.0 Å². The van der Waals surface area contributed by atoms with Gasteiger partial charge in [-0.15, -0.1) is 0 Å². The van der Waals surface area contributed by atoms with Crippen LogP contribution >= 0.6 is 0 Å². The van der Waals surface area contributed by atoms with Crippen molar-refractivity contribution >= 4 is 5.96 Å². The van der Waals surface area contributed by atoms with E-state index in [2.05, 4.69) is 46.2 Å². The molecule has 3 rings (SSSR count). The number of aliphatic imine (C=N–C) groups is 1. The Kier molecular flexibility index (Phi) is 9.81. The van der Waals surface area contributed by atoms with Crippen LogP contribution in [0.4, 0.5) is 0 Å². The summed E-state index contributed by atoms with van der Waals surface area (Å²) in [7, 11) is 0. The summed E-state index contributed by atoms with van der Waals surface area (Å²) in [5, 5.41) is 7.04. The van der Waals surface area contributed by atoms with E-state index in [4.69, 9.17) is 14.1 Å². The van der Waals surface area contributed by atoms with Crippen LogP contribution in [0.15, 0.2) is 9.41 Å². The largest absolute Gasteiger partial charge is 0.444 e. The van der Waals surface area contributed by atoms with Crippen LogP contribution in [-0.2, 0) is 11.3 Å². The molecule has 1 aromatic heterocycles. The summed E-state index contributed by atoms with van der Waals surface area (Å²) < 4.78 is 11.3. The van der Waals surface area contributed by atoms with Gasteiger partial charge in [0.2, 0.25) is 5.89 Å². The van der Waals surface area contributed by atoms with Crippen molar-refractivity contribution in [2.24, 2.45) is 16.8 Å². The molecule has 2 saturated heterocycles. The molecule has 0 radical (unpaired) electrons. The molecular weight excluding hydrogens is 404 g/mol. The summed E-state index contributed by atoms with van der Waals surface area (Å²) in [5.41, 5.74) is 1.00. The van der Waals surface area contributed by atoms with Crippen LogP contribution in [0.2, 0.25) is 0 Å². The van der Waals surface area contributed by atoms with Crippen molar-refractivity contribution in [1.29, 1.82) is 0 Å². The number of morpholine rings is 1. The molecule has 2 N–H and O–H groups in total. The van der Waals surface area contributed by atoms with Gasteiger partial charge < -0.3 is 19.8 Å².